The third-order valence-electron chi connectivity index (χ3n) is 3.31. The molecule has 0 saturated carbocycles. The summed E-state index contributed by atoms with van der Waals surface area (Å²) in [6.45, 7) is 0. The molecule has 0 bridgehead atoms. The van der Waals surface area contributed by atoms with Gasteiger partial charge < -0.3 is 15.2 Å². The first-order valence-corrected chi connectivity index (χ1v) is 8.40. The van der Waals surface area contributed by atoms with Crippen molar-refractivity contribution in [1.82, 2.24) is 14.5 Å². The molecule has 0 unspecified atom stereocenters. The number of carbonyl (C=O) groups excluding carboxylic acids is 1. The van der Waals surface area contributed by atoms with Crippen molar-refractivity contribution in [3.8, 4) is 17.2 Å². The van der Waals surface area contributed by atoms with Crippen LogP contribution in [0, 0.1) is 0 Å². The zero-order valence-electron chi connectivity index (χ0n) is 13.4. The Kier molecular flexibility index (Phi) is 5.20. The van der Waals surface area contributed by atoms with Crippen LogP contribution in [-0.4, -0.2) is 38.4 Å². The van der Waals surface area contributed by atoms with E-state index in [2.05, 4.69) is 15.3 Å². The van der Waals surface area contributed by atoms with E-state index in [4.69, 9.17) is 4.74 Å². The van der Waals surface area contributed by atoms with Crippen LogP contribution in [0.5, 0.6) is 11.5 Å². The summed E-state index contributed by atoms with van der Waals surface area (Å²) >= 11 is 1.28. The number of aromatic nitrogens is 3. The van der Waals surface area contributed by atoms with Crippen LogP contribution in [0.25, 0.3) is 5.69 Å². The molecule has 0 aliphatic heterocycles. The van der Waals surface area contributed by atoms with E-state index >= 15 is 0 Å². The topological polar surface area (TPSA) is 89.3 Å². The standard InChI is InChI=1S/C17H16N4O3S/c1-24-13-5-2-4-12(10-13)21-9-8-19-17(21)25-11-15(23)20-16-14(22)6-3-7-18-16/h2-10,22H,11H2,1H3,(H,18,20,23). The first-order chi connectivity index (χ1) is 12.2. The number of nitrogens with zero attached hydrogens (tertiary/aromatic N) is 3. The Morgan fingerprint density at radius 3 is 2.96 bits per heavy atom. The Morgan fingerprint density at radius 2 is 2.16 bits per heavy atom. The number of thioether (sulfide) groups is 1. The van der Waals surface area contributed by atoms with Crippen molar-refractivity contribution in [1.29, 1.82) is 0 Å². The number of pyridine rings is 1. The summed E-state index contributed by atoms with van der Waals surface area (Å²) < 4.78 is 7.11. The van der Waals surface area contributed by atoms with E-state index in [1.165, 1.54) is 24.0 Å². The number of carbonyl (C=O) groups is 1. The van der Waals surface area contributed by atoms with Gasteiger partial charge in [-0.1, -0.05) is 17.8 Å². The lowest BCUT2D eigenvalue weighted by atomic mass is 10.3. The van der Waals surface area contributed by atoms with Gasteiger partial charge in [-0.3, -0.25) is 9.36 Å². The van der Waals surface area contributed by atoms with Gasteiger partial charge >= 0.3 is 0 Å². The van der Waals surface area contributed by atoms with Gasteiger partial charge in [0.1, 0.15) is 5.75 Å². The number of hydrogen-bond acceptors (Lipinski definition) is 6. The lowest BCUT2D eigenvalue weighted by Crippen LogP contribution is -2.15. The van der Waals surface area contributed by atoms with E-state index in [-0.39, 0.29) is 23.2 Å². The van der Waals surface area contributed by atoms with Crippen LogP contribution in [-0.2, 0) is 4.79 Å². The molecule has 0 fully saturated rings. The number of nitrogens with one attached hydrogen (secondary N) is 1. The molecule has 0 atom stereocenters. The van der Waals surface area contributed by atoms with Crippen LogP contribution in [0.4, 0.5) is 5.82 Å². The van der Waals surface area contributed by atoms with Crippen LogP contribution < -0.4 is 10.1 Å². The van der Waals surface area contributed by atoms with E-state index in [1.54, 1.807) is 19.4 Å². The molecule has 128 valence electrons. The largest absolute Gasteiger partial charge is 0.504 e. The van der Waals surface area contributed by atoms with Crippen molar-refractivity contribution in [3.63, 3.8) is 0 Å². The summed E-state index contributed by atoms with van der Waals surface area (Å²) in [5, 5.41) is 12.9. The highest BCUT2D eigenvalue weighted by molar-refractivity contribution is 7.99. The number of anilines is 1. The summed E-state index contributed by atoms with van der Waals surface area (Å²) in [6.07, 6.45) is 4.99. The zero-order chi connectivity index (χ0) is 17.6. The zero-order valence-corrected chi connectivity index (χ0v) is 14.2. The second-order valence-corrected chi connectivity index (χ2v) is 5.93. The molecule has 0 spiro atoms. The minimum Gasteiger partial charge on any atom is -0.504 e. The molecule has 1 aromatic carbocycles. The van der Waals surface area contributed by atoms with E-state index in [9.17, 15) is 9.90 Å². The monoisotopic (exact) mass is 356 g/mol. The van der Waals surface area contributed by atoms with Crippen molar-refractivity contribution >= 4 is 23.5 Å². The number of amides is 1. The second kappa shape index (κ2) is 7.71. The van der Waals surface area contributed by atoms with Crippen molar-refractivity contribution in [3.05, 3.63) is 55.0 Å². The molecule has 0 radical (unpaired) electrons. The highest BCUT2D eigenvalue weighted by Gasteiger charge is 2.11. The first kappa shape index (κ1) is 16.8. The van der Waals surface area contributed by atoms with Gasteiger partial charge in [-0.25, -0.2) is 9.97 Å². The molecular weight excluding hydrogens is 340 g/mol. The van der Waals surface area contributed by atoms with Gasteiger partial charge in [-0.15, -0.1) is 0 Å². The Morgan fingerprint density at radius 1 is 1.28 bits per heavy atom. The Bertz CT molecular complexity index is 882. The Labute approximate surface area is 148 Å². The van der Waals surface area contributed by atoms with Gasteiger partial charge in [0.05, 0.1) is 18.6 Å². The molecule has 2 N–H and O–H groups in total. The van der Waals surface area contributed by atoms with Crippen molar-refractivity contribution in [2.75, 3.05) is 18.2 Å². The SMILES string of the molecule is COc1cccc(-n2ccnc2SCC(=O)Nc2ncccc2O)c1. The average molecular weight is 356 g/mol. The average Bonchev–Trinajstić information content (AvgIpc) is 3.10. The normalized spacial score (nSPS) is 10.4. The molecule has 8 heteroatoms. The quantitative estimate of drug-likeness (QED) is 0.660. The molecule has 2 aromatic heterocycles. The van der Waals surface area contributed by atoms with Crippen LogP contribution in [0.1, 0.15) is 0 Å². The smallest absolute Gasteiger partial charge is 0.236 e. The predicted octanol–water partition coefficient (Wildman–Crippen LogP) is 2.71. The highest BCUT2D eigenvalue weighted by atomic mass is 32.2. The molecule has 2 heterocycles. The third kappa shape index (κ3) is 4.10. The summed E-state index contributed by atoms with van der Waals surface area (Å²) in [5.74, 6) is 0.671. The number of benzene rings is 1. The van der Waals surface area contributed by atoms with E-state index in [1.807, 2.05) is 35.0 Å². The Balaban J connectivity index is 1.67. The fraction of sp³-hybridized carbons (Fsp3) is 0.118. The van der Waals surface area contributed by atoms with Crippen LogP contribution >= 0.6 is 11.8 Å². The highest BCUT2D eigenvalue weighted by Crippen LogP contribution is 2.24. The van der Waals surface area contributed by atoms with E-state index in [0.29, 0.717) is 5.16 Å². The van der Waals surface area contributed by atoms with Gasteiger partial charge in [0, 0.05) is 24.7 Å². The number of hydrogen-bond donors (Lipinski definition) is 2. The molecular formula is C17H16N4O3S. The summed E-state index contributed by atoms with van der Waals surface area (Å²) in [4.78, 5) is 20.3. The maximum absolute atomic E-state index is 12.1. The maximum atomic E-state index is 12.1. The molecule has 0 aliphatic rings. The van der Waals surface area contributed by atoms with E-state index in [0.717, 1.165) is 11.4 Å². The van der Waals surface area contributed by atoms with Gasteiger partial charge in [-0.05, 0) is 24.3 Å². The van der Waals surface area contributed by atoms with E-state index < -0.39 is 0 Å². The Hall–Kier alpha value is -3.00. The summed E-state index contributed by atoms with van der Waals surface area (Å²) in [6, 6.07) is 10.6. The first-order valence-electron chi connectivity index (χ1n) is 7.42. The van der Waals surface area contributed by atoms with Gasteiger partial charge in [0.15, 0.2) is 16.7 Å². The van der Waals surface area contributed by atoms with Crippen molar-refractivity contribution < 1.29 is 14.6 Å². The van der Waals surface area contributed by atoms with Crippen molar-refractivity contribution in [2.24, 2.45) is 0 Å². The predicted molar refractivity (Wildman–Crippen MR) is 95.4 cm³/mol. The number of aromatic hydroxyl groups is 1. The summed E-state index contributed by atoms with van der Waals surface area (Å²) in [5.41, 5.74) is 0.891. The molecule has 3 aromatic rings. The third-order valence-corrected chi connectivity index (χ3v) is 4.28. The van der Waals surface area contributed by atoms with Gasteiger partial charge in [-0.2, -0.15) is 0 Å². The molecule has 3 rings (SSSR count). The minimum atomic E-state index is -0.279. The lowest BCUT2D eigenvalue weighted by molar-refractivity contribution is -0.113. The van der Waals surface area contributed by atoms with Crippen LogP contribution in [0.2, 0.25) is 0 Å². The van der Waals surface area contributed by atoms with Gasteiger partial charge in [0.2, 0.25) is 5.91 Å². The summed E-state index contributed by atoms with van der Waals surface area (Å²) in [7, 11) is 1.61. The second-order valence-electron chi connectivity index (χ2n) is 4.99. The molecule has 7 nitrogen and oxygen atoms in total. The molecule has 0 saturated heterocycles. The van der Waals surface area contributed by atoms with Crippen LogP contribution in [0.3, 0.4) is 0 Å². The number of rotatable bonds is 6. The number of imidazole rings is 1. The van der Waals surface area contributed by atoms with Crippen LogP contribution in [0.15, 0.2) is 60.1 Å². The maximum Gasteiger partial charge on any atom is 0.236 e. The lowest BCUT2D eigenvalue weighted by Gasteiger charge is -2.09. The fourth-order valence-electron chi connectivity index (χ4n) is 2.14. The molecule has 0 aliphatic carbocycles. The fourth-order valence-corrected chi connectivity index (χ4v) is 2.92. The number of ether oxygens (including phenoxy) is 1. The molecule has 25 heavy (non-hydrogen) atoms. The van der Waals surface area contributed by atoms with Gasteiger partial charge in [0.25, 0.3) is 0 Å². The number of methoxy groups -OCH3 is 1. The van der Waals surface area contributed by atoms with Crippen molar-refractivity contribution in [2.45, 2.75) is 5.16 Å². The molecule has 1 amide bonds. The minimum absolute atomic E-state index is 0.0706.